The lowest BCUT2D eigenvalue weighted by molar-refractivity contribution is 0.230. The van der Waals surface area contributed by atoms with Crippen LogP contribution in [0.3, 0.4) is 0 Å². The molecule has 0 bridgehead atoms. The summed E-state index contributed by atoms with van der Waals surface area (Å²) in [6, 6.07) is 9.10. The number of sulfonamides is 1. The maximum atomic E-state index is 12.9. The van der Waals surface area contributed by atoms with Gasteiger partial charge >= 0.3 is 0 Å². The molecule has 120 valence electrons. The minimum atomic E-state index is -3.66. The van der Waals surface area contributed by atoms with Crippen LogP contribution in [0, 0.1) is 0 Å². The van der Waals surface area contributed by atoms with Gasteiger partial charge in [0.25, 0.3) is 0 Å². The van der Waals surface area contributed by atoms with E-state index < -0.39 is 10.0 Å². The highest BCUT2D eigenvalue weighted by Gasteiger charge is 2.30. The normalized spacial score (nSPS) is 13.5. The lowest BCUT2D eigenvalue weighted by Gasteiger charge is -2.27. The van der Waals surface area contributed by atoms with Crippen LogP contribution in [0.25, 0.3) is 0 Å². The van der Waals surface area contributed by atoms with Crippen LogP contribution in [0.2, 0.25) is 0 Å². The molecular formula is C15H21N3O3S. The predicted octanol–water partition coefficient (Wildman–Crippen LogP) is 1.38. The minimum Gasteiger partial charge on any atom is -0.396 e. The van der Waals surface area contributed by atoms with Gasteiger partial charge in [-0.2, -0.15) is 9.40 Å². The summed E-state index contributed by atoms with van der Waals surface area (Å²) in [5, 5.41) is 13.1. The van der Waals surface area contributed by atoms with Gasteiger partial charge in [0.1, 0.15) is 4.90 Å². The highest BCUT2D eigenvalue weighted by atomic mass is 32.2. The van der Waals surface area contributed by atoms with E-state index in [0.29, 0.717) is 6.42 Å². The zero-order chi connectivity index (χ0) is 16.2. The monoisotopic (exact) mass is 323 g/mol. The van der Waals surface area contributed by atoms with Crippen molar-refractivity contribution in [3.8, 4) is 0 Å². The summed E-state index contributed by atoms with van der Waals surface area (Å²) in [6.45, 7) is 2.00. The number of rotatable bonds is 7. The van der Waals surface area contributed by atoms with Crippen LogP contribution < -0.4 is 0 Å². The Morgan fingerprint density at radius 1 is 1.32 bits per heavy atom. The van der Waals surface area contributed by atoms with Gasteiger partial charge in [0.2, 0.25) is 10.0 Å². The molecule has 1 aromatic heterocycles. The van der Waals surface area contributed by atoms with E-state index >= 15 is 0 Å². The fourth-order valence-electron chi connectivity index (χ4n) is 2.24. The first kappa shape index (κ1) is 16.7. The molecule has 0 aliphatic heterocycles. The van der Waals surface area contributed by atoms with E-state index in [1.807, 2.05) is 30.3 Å². The van der Waals surface area contributed by atoms with Crippen molar-refractivity contribution in [3.05, 3.63) is 48.3 Å². The second-order valence-electron chi connectivity index (χ2n) is 5.25. The molecule has 1 atom stereocenters. The quantitative estimate of drug-likeness (QED) is 0.835. The zero-order valence-electron chi connectivity index (χ0n) is 12.8. The molecule has 0 aliphatic carbocycles. The van der Waals surface area contributed by atoms with Gasteiger partial charge in [-0.25, -0.2) is 8.42 Å². The first-order valence-corrected chi connectivity index (χ1v) is 8.54. The molecule has 22 heavy (non-hydrogen) atoms. The smallest absolute Gasteiger partial charge is 0.246 e. The molecule has 0 saturated carbocycles. The second kappa shape index (κ2) is 7.04. The molecule has 0 aliphatic rings. The predicted molar refractivity (Wildman–Crippen MR) is 83.5 cm³/mol. The summed E-state index contributed by atoms with van der Waals surface area (Å²) in [5.74, 6) is 0. The Morgan fingerprint density at radius 2 is 2.00 bits per heavy atom. The van der Waals surface area contributed by atoms with Gasteiger partial charge in [-0.3, -0.25) is 4.68 Å². The average Bonchev–Trinajstić information content (AvgIpc) is 2.93. The number of aliphatic hydroxyl groups is 1. The third-order valence-corrected chi connectivity index (χ3v) is 5.42. The summed E-state index contributed by atoms with van der Waals surface area (Å²) in [6.07, 6.45) is 3.21. The highest BCUT2D eigenvalue weighted by Crippen LogP contribution is 2.21. The Hall–Kier alpha value is -1.70. The fourth-order valence-corrected chi connectivity index (χ4v) is 3.87. The number of hydrogen-bond acceptors (Lipinski definition) is 4. The van der Waals surface area contributed by atoms with E-state index in [1.165, 1.54) is 21.4 Å². The molecule has 1 N–H and O–H groups in total. The second-order valence-corrected chi connectivity index (χ2v) is 7.14. The number of aliphatic hydroxyl groups excluding tert-OH is 1. The molecule has 7 heteroatoms. The lowest BCUT2D eigenvalue weighted by atomic mass is 10.2. The zero-order valence-corrected chi connectivity index (χ0v) is 13.6. The Balaban J connectivity index is 2.35. The number of aromatic nitrogens is 2. The van der Waals surface area contributed by atoms with Crippen molar-refractivity contribution in [2.24, 2.45) is 7.05 Å². The standard InChI is InChI=1S/C15H21N3O3S/c1-13(8-9-19)18(11-14-6-4-3-5-7-14)22(20,21)15-10-16-17(2)12-15/h3-7,10,12-13,19H,8-9,11H2,1-2H3. The lowest BCUT2D eigenvalue weighted by Crippen LogP contribution is -2.38. The molecule has 2 rings (SSSR count). The molecule has 1 aromatic carbocycles. The Bertz CT molecular complexity index is 698. The fraction of sp³-hybridized carbons (Fsp3) is 0.400. The van der Waals surface area contributed by atoms with Crippen LogP contribution in [-0.2, 0) is 23.6 Å². The van der Waals surface area contributed by atoms with Gasteiger partial charge in [-0.05, 0) is 18.9 Å². The molecule has 1 unspecified atom stereocenters. The largest absolute Gasteiger partial charge is 0.396 e. The summed E-state index contributed by atoms with van der Waals surface area (Å²) in [4.78, 5) is 0.163. The molecule has 6 nitrogen and oxygen atoms in total. The van der Waals surface area contributed by atoms with Crippen LogP contribution in [0.15, 0.2) is 47.6 Å². The van der Waals surface area contributed by atoms with Crippen LogP contribution in [-0.4, -0.2) is 40.3 Å². The van der Waals surface area contributed by atoms with Crippen LogP contribution >= 0.6 is 0 Å². The Labute approximate surface area is 131 Å². The van der Waals surface area contributed by atoms with Crippen LogP contribution in [0.4, 0.5) is 0 Å². The van der Waals surface area contributed by atoms with Crippen LogP contribution in [0.1, 0.15) is 18.9 Å². The van der Waals surface area contributed by atoms with Crippen molar-refractivity contribution in [1.82, 2.24) is 14.1 Å². The maximum absolute atomic E-state index is 12.9. The van der Waals surface area contributed by atoms with Crippen molar-refractivity contribution >= 4 is 10.0 Å². The molecule has 0 fully saturated rings. The first-order valence-electron chi connectivity index (χ1n) is 7.10. The summed E-state index contributed by atoms with van der Waals surface area (Å²) in [5.41, 5.74) is 0.903. The van der Waals surface area contributed by atoms with Gasteiger partial charge in [0.15, 0.2) is 0 Å². The molecule has 0 spiro atoms. The molecular weight excluding hydrogens is 302 g/mol. The molecule has 2 aromatic rings. The highest BCUT2D eigenvalue weighted by molar-refractivity contribution is 7.89. The van der Waals surface area contributed by atoms with Crippen molar-refractivity contribution in [1.29, 1.82) is 0 Å². The molecule has 0 saturated heterocycles. The maximum Gasteiger partial charge on any atom is 0.246 e. The number of nitrogens with zero attached hydrogens (tertiary/aromatic N) is 3. The SMILES string of the molecule is CC(CCO)N(Cc1ccccc1)S(=O)(=O)c1cnn(C)c1. The first-order chi connectivity index (χ1) is 10.4. The van der Waals surface area contributed by atoms with Crippen molar-refractivity contribution in [2.45, 2.75) is 30.8 Å². The topological polar surface area (TPSA) is 75.4 Å². The van der Waals surface area contributed by atoms with Crippen molar-refractivity contribution < 1.29 is 13.5 Å². The molecule has 0 radical (unpaired) electrons. The van der Waals surface area contributed by atoms with E-state index in [2.05, 4.69) is 5.10 Å². The third kappa shape index (κ3) is 3.73. The van der Waals surface area contributed by atoms with E-state index in [9.17, 15) is 8.42 Å². The van der Waals surface area contributed by atoms with Gasteiger partial charge in [0, 0.05) is 32.4 Å². The number of aryl methyl sites for hydroxylation is 1. The van der Waals surface area contributed by atoms with E-state index in [0.717, 1.165) is 5.56 Å². The Kier molecular flexibility index (Phi) is 5.33. The number of hydrogen-bond donors (Lipinski definition) is 1. The van der Waals surface area contributed by atoms with Crippen molar-refractivity contribution in [3.63, 3.8) is 0 Å². The molecule has 1 heterocycles. The van der Waals surface area contributed by atoms with Gasteiger partial charge in [0.05, 0.1) is 6.20 Å². The van der Waals surface area contributed by atoms with Crippen molar-refractivity contribution in [2.75, 3.05) is 6.61 Å². The summed E-state index contributed by atoms with van der Waals surface area (Å²) < 4.78 is 28.6. The minimum absolute atomic E-state index is 0.0605. The van der Waals surface area contributed by atoms with Gasteiger partial charge < -0.3 is 5.11 Å². The van der Waals surface area contributed by atoms with E-state index in [1.54, 1.807) is 14.0 Å². The third-order valence-electron chi connectivity index (χ3n) is 3.51. The number of benzene rings is 1. The van der Waals surface area contributed by atoms with E-state index in [4.69, 9.17) is 5.11 Å². The van der Waals surface area contributed by atoms with Crippen LogP contribution in [0.5, 0.6) is 0 Å². The summed E-state index contributed by atoms with van der Waals surface area (Å²) in [7, 11) is -1.98. The van der Waals surface area contributed by atoms with Gasteiger partial charge in [-0.1, -0.05) is 30.3 Å². The summed E-state index contributed by atoms with van der Waals surface area (Å²) >= 11 is 0. The van der Waals surface area contributed by atoms with Gasteiger partial charge in [-0.15, -0.1) is 0 Å². The molecule has 0 amide bonds. The van der Waals surface area contributed by atoms with E-state index in [-0.39, 0.29) is 24.1 Å². The Morgan fingerprint density at radius 3 is 2.55 bits per heavy atom. The average molecular weight is 323 g/mol.